The van der Waals surface area contributed by atoms with Gasteiger partial charge in [-0.1, -0.05) is 32.0 Å². The first-order valence-corrected chi connectivity index (χ1v) is 7.43. The van der Waals surface area contributed by atoms with E-state index in [9.17, 15) is 0 Å². The number of nitrogens with one attached hydrogen (secondary N) is 1. The Labute approximate surface area is 127 Å². The molecule has 1 unspecified atom stereocenters. The van der Waals surface area contributed by atoms with E-state index < -0.39 is 0 Å². The van der Waals surface area contributed by atoms with Crippen molar-refractivity contribution >= 4 is 0 Å². The number of hydrogen-bond donors (Lipinski definition) is 1. The van der Waals surface area contributed by atoms with Crippen molar-refractivity contribution < 1.29 is 4.74 Å². The average molecular weight is 284 g/mol. The molecular formula is C18H24N2O. The van der Waals surface area contributed by atoms with Crippen LogP contribution in [-0.4, -0.2) is 12.0 Å². The van der Waals surface area contributed by atoms with Gasteiger partial charge in [-0.15, -0.1) is 0 Å². The van der Waals surface area contributed by atoms with Crippen molar-refractivity contribution in [2.45, 2.75) is 39.7 Å². The van der Waals surface area contributed by atoms with Gasteiger partial charge in [-0.3, -0.25) is 0 Å². The Morgan fingerprint density at radius 2 is 1.86 bits per heavy atom. The molecule has 1 heterocycles. The third kappa shape index (κ3) is 3.61. The smallest absolute Gasteiger partial charge is 0.223 e. The van der Waals surface area contributed by atoms with E-state index in [-0.39, 0.29) is 6.04 Å². The largest absolute Gasteiger partial charge is 0.438 e. The molecule has 1 aromatic carbocycles. The molecule has 0 amide bonds. The fourth-order valence-electron chi connectivity index (χ4n) is 2.28. The first-order chi connectivity index (χ1) is 10.0. The molecule has 21 heavy (non-hydrogen) atoms. The van der Waals surface area contributed by atoms with E-state index in [4.69, 9.17) is 4.74 Å². The van der Waals surface area contributed by atoms with Gasteiger partial charge in [0.05, 0.1) is 0 Å². The molecule has 3 heteroatoms. The van der Waals surface area contributed by atoms with Crippen LogP contribution in [0.1, 0.15) is 49.4 Å². The van der Waals surface area contributed by atoms with Crippen LogP contribution in [0.15, 0.2) is 36.5 Å². The molecule has 0 aliphatic rings. The minimum Gasteiger partial charge on any atom is -0.438 e. The number of hydrogen-bond acceptors (Lipinski definition) is 3. The number of benzene rings is 1. The second kappa shape index (κ2) is 6.72. The molecule has 2 aromatic rings. The standard InChI is InChI=1S/C18H24N2O/c1-12(2)15-9-8-13(3)11-17(15)21-18-16(14(4)19-5)7-6-10-20-18/h6-12,14,19H,1-5H3. The molecule has 0 aliphatic heterocycles. The highest BCUT2D eigenvalue weighted by Gasteiger charge is 2.14. The summed E-state index contributed by atoms with van der Waals surface area (Å²) in [6.45, 7) is 8.52. The zero-order valence-electron chi connectivity index (χ0n) is 13.5. The van der Waals surface area contributed by atoms with Crippen LogP contribution in [0, 0.1) is 6.92 Å². The molecule has 112 valence electrons. The molecule has 0 aliphatic carbocycles. The van der Waals surface area contributed by atoms with Crippen LogP contribution in [0.5, 0.6) is 11.6 Å². The fourth-order valence-corrected chi connectivity index (χ4v) is 2.28. The highest BCUT2D eigenvalue weighted by molar-refractivity contribution is 5.42. The fraction of sp³-hybridized carbons (Fsp3) is 0.389. The first kappa shape index (κ1) is 15.5. The van der Waals surface area contributed by atoms with Crippen molar-refractivity contribution in [3.05, 3.63) is 53.2 Å². The molecule has 1 atom stereocenters. The van der Waals surface area contributed by atoms with Crippen molar-refractivity contribution in [2.75, 3.05) is 7.05 Å². The second-order valence-corrected chi connectivity index (χ2v) is 5.71. The highest BCUT2D eigenvalue weighted by Crippen LogP contribution is 2.33. The third-order valence-corrected chi connectivity index (χ3v) is 3.70. The van der Waals surface area contributed by atoms with Gasteiger partial charge in [0, 0.05) is 17.8 Å². The summed E-state index contributed by atoms with van der Waals surface area (Å²) in [7, 11) is 1.94. The SMILES string of the molecule is CNC(C)c1cccnc1Oc1cc(C)ccc1C(C)C. The predicted molar refractivity (Wildman–Crippen MR) is 87.1 cm³/mol. The molecule has 0 saturated carbocycles. The Balaban J connectivity index is 2.41. The lowest BCUT2D eigenvalue weighted by atomic mass is 10.0. The van der Waals surface area contributed by atoms with Crippen LogP contribution < -0.4 is 10.1 Å². The minimum absolute atomic E-state index is 0.195. The van der Waals surface area contributed by atoms with E-state index in [0.29, 0.717) is 11.8 Å². The van der Waals surface area contributed by atoms with Gasteiger partial charge in [0.1, 0.15) is 5.75 Å². The number of rotatable bonds is 5. The van der Waals surface area contributed by atoms with E-state index in [2.05, 4.69) is 56.2 Å². The van der Waals surface area contributed by atoms with Crippen molar-refractivity contribution in [2.24, 2.45) is 0 Å². The van der Waals surface area contributed by atoms with E-state index in [0.717, 1.165) is 11.3 Å². The number of aromatic nitrogens is 1. The van der Waals surface area contributed by atoms with Gasteiger partial charge < -0.3 is 10.1 Å². The summed E-state index contributed by atoms with van der Waals surface area (Å²) >= 11 is 0. The summed E-state index contributed by atoms with van der Waals surface area (Å²) in [4.78, 5) is 4.41. The van der Waals surface area contributed by atoms with Gasteiger partial charge in [-0.2, -0.15) is 0 Å². The van der Waals surface area contributed by atoms with E-state index in [1.165, 1.54) is 11.1 Å². The monoisotopic (exact) mass is 284 g/mol. The van der Waals surface area contributed by atoms with Crippen LogP contribution in [-0.2, 0) is 0 Å². The van der Waals surface area contributed by atoms with Gasteiger partial charge in [-0.25, -0.2) is 4.98 Å². The summed E-state index contributed by atoms with van der Waals surface area (Å²) < 4.78 is 6.15. The maximum absolute atomic E-state index is 6.15. The molecule has 0 fully saturated rings. The van der Waals surface area contributed by atoms with Gasteiger partial charge in [0.2, 0.25) is 5.88 Å². The van der Waals surface area contributed by atoms with E-state index >= 15 is 0 Å². The Kier molecular flexibility index (Phi) is 4.97. The van der Waals surface area contributed by atoms with Crippen molar-refractivity contribution in [3.63, 3.8) is 0 Å². The lowest BCUT2D eigenvalue weighted by molar-refractivity contribution is 0.439. The molecule has 0 spiro atoms. The zero-order chi connectivity index (χ0) is 15.4. The molecule has 1 N–H and O–H groups in total. The molecule has 0 radical (unpaired) electrons. The lowest BCUT2D eigenvalue weighted by Crippen LogP contribution is -2.13. The Hall–Kier alpha value is -1.87. The summed E-state index contributed by atoms with van der Waals surface area (Å²) in [5, 5.41) is 3.24. The Morgan fingerprint density at radius 1 is 1.10 bits per heavy atom. The average Bonchev–Trinajstić information content (AvgIpc) is 2.47. The molecular weight excluding hydrogens is 260 g/mol. The van der Waals surface area contributed by atoms with Gasteiger partial charge in [-0.05, 0) is 50.1 Å². The predicted octanol–water partition coefficient (Wildman–Crippen LogP) is 4.59. The van der Waals surface area contributed by atoms with Crippen LogP contribution in [0.25, 0.3) is 0 Å². The topological polar surface area (TPSA) is 34.2 Å². The maximum Gasteiger partial charge on any atom is 0.223 e. The summed E-state index contributed by atoms with van der Waals surface area (Å²) in [5.74, 6) is 1.98. The molecule has 2 rings (SSSR count). The van der Waals surface area contributed by atoms with Crippen molar-refractivity contribution in [1.29, 1.82) is 0 Å². The number of pyridine rings is 1. The molecule has 3 nitrogen and oxygen atoms in total. The number of aryl methyl sites for hydroxylation is 1. The van der Waals surface area contributed by atoms with Crippen molar-refractivity contribution in [1.82, 2.24) is 10.3 Å². The van der Waals surface area contributed by atoms with Gasteiger partial charge in [0.25, 0.3) is 0 Å². The van der Waals surface area contributed by atoms with Crippen LogP contribution >= 0.6 is 0 Å². The zero-order valence-corrected chi connectivity index (χ0v) is 13.5. The van der Waals surface area contributed by atoms with Crippen LogP contribution in [0.4, 0.5) is 0 Å². The van der Waals surface area contributed by atoms with E-state index in [1.807, 2.05) is 19.2 Å². The Morgan fingerprint density at radius 3 is 2.52 bits per heavy atom. The van der Waals surface area contributed by atoms with Gasteiger partial charge >= 0.3 is 0 Å². The normalized spacial score (nSPS) is 12.5. The van der Waals surface area contributed by atoms with Crippen LogP contribution in [0.3, 0.4) is 0 Å². The quantitative estimate of drug-likeness (QED) is 0.872. The third-order valence-electron chi connectivity index (χ3n) is 3.70. The Bertz CT molecular complexity index is 608. The van der Waals surface area contributed by atoms with E-state index in [1.54, 1.807) is 6.20 Å². The number of ether oxygens (including phenoxy) is 1. The summed E-state index contributed by atoms with van der Waals surface area (Å²) in [6.07, 6.45) is 1.77. The van der Waals surface area contributed by atoms with Crippen LogP contribution in [0.2, 0.25) is 0 Å². The molecule has 0 saturated heterocycles. The van der Waals surface area contributed by atoms with Gasteiger partial charge in [0.15, 0.2) is 0 Å². The second-order valence-electron chi connectivity index (χ2n) is 5.71. The molecule has 0 bridgehead atoms. The summed E-state index contributed by atoms with van der Waals surface area (Å²) in [5.41, 5.74) is 3.46. The first-order valence-electron chi connectivity index (χ1n) is 7.43. The molecule has 1 aromatic heterocycles. The maximum atomic E-state index is 6.15. The highest BCUT2D eigenvalue weighted by atomic mass is 16.5. The van der Waals surface area contributed by atoms with Crippen molar-refractivity contribution in [3.8, 4) is 11.6 Å². The number of nitrogens with zero attached hydrogens (tertiary/aromatic N) is 1. The summed E-state index contributed by atoms with van der Waals surface area (Å²) in [6, 6.07) is 10.5. The minimum atomic E-state index is 0.195. The lowest BCUT2D eigenvalue weighted by Gasteiger charge is -2.18.